The minimum Gasteiger partial charge on any atom is -0.367 e. The zero-order valence-electron chi connectivity index (χ0n) is 16.5. The molecule has 0 saturated carbocycles. The van der Waals surface area contributed by atoms with E-state index in [9.17, 15) is 13.2 Å². The van der Waals surface area contributed by atoms with E-state index in [1.807, 2.05) is 23.1 Å². The van der Waals surface area contributed by atoms with E-state index >= 15 is 0 Å². The molecule has 4 rings (SSSR count). The Hall–Kier alpha value is -2.45. The van der Waals surface area contributed by atoms with Gasteiger partial charge in [-0.1, -0.05) is 18.2 Å². The summed E-state index contributed by atoms with van der Waals surface area (Å²) in [5, 5.41) is 3.39. The molecule has 0 radical (unpaired) electrons. The number of anilines is 2. The topological polar surface area (TPSA) is 82.6 Å². The molecular formula is C21H26N4O3S. The molecule has 1 N–H and O–H groups in total. The van der Waals surface area contributed by atoms with Crippen molar-refractivity contribution in [2.24, 2.45) is 0 Å². The molecule has 1 amide bonds. The van der Waals surface area contributed by atoms with Gasteiger partial charge in [-0.25, -0.2) is 17.7 Å². The molecule has 0 atom stereocenters. The van der Waals surface area contributed by atoms with Crippen LogP contribution in [0.3, 0.4) is 0 Å². The number of rotatable bonds is 5. The van der Waals surface area contributed by atoms with Crippen LogP contribution in [0.4, 0.5) is 11.5 Å². The van der Waals surface area contributed by atoms with E-state index in [-0.39, 0.29) is 17.7 Å². The maximum absolute atomic E-state index is 13.3. The molecule has 2 aromatic rings. The third-order valence-corrected chi connectivity index (χ3v) is 7.60. The van der Waals surface area contributed by atoms with Crippen molar-refractivity contribution in [3.63, 3.8) is 0 Å². The van der Waals surface area contributed by atoms with Crippen LogP contribution in [-0.4, -0.2) is 55.0 Å². The van der Waals surface area contributed by atoms with E-state index in [0.29, 0.717) is 43.9 Å². The average molecular weight is 415 g/mol. The van der Waals surface area contributed by atoms with Crippen LogP contribution in [0.5, 0.6) is 0 Å². The van der Waals surface area contributed by atoms with E-state index in [1.165, 1.54) is 5.56 Å². The predicted octanol–water partition coefficient (Wildman–Crippen LogP) is 2.51. The van der Waals surface area contributed by atoms with Crippen LogP contribution in [0.25, 0.3) is 0 Å². The zero-order chi connectivity index (χ0) is 20.4. The predicted molar refractivity (Wildman–Crippen MR) is 114 cm³/mol. The minimum absolute atomic E-state index is 0.0588. The Morgan fingerprint density at radius 3 is 2.66 bits per heavy atom. The number of para-hydroxylation sites is 1. The molecule has 29 heavy (non-hydrogen) atoms. The van der Waals surface area contributed by atoms with Crippen molar-refractivity contribution < 1.29 is 13.2 Å². The Labute approximate surface area is 171 Å². The Kier molecular flexibility index (Phi) is 5.56. The van der Waals surface area contributed by atoms with Gasteiger partial charge in [0.05, 0.1) is 11.3 Å². The number of hydrogen-bond donors (Lipinski definition) is 1. The van der Waals surface area contributed by atoms with Crippen molar-refractivity contribution in [3.05, 3.63) is 53.7 Å². The second-order valence-corrected chi connectivity index (χ2v) is 9.71. The minimum atomic E-state index is -3.15. The Morgan fingerprint density at radius 1 is 1.14 bits per heavy atom. The Bertz CT molecular complexity index is 1000. The van der Waals surface area contributed by atoms with Gasteiger partial charge in [0.25, 0.3) is 5.91 Å². The number of fused-ring (bicyclic) bond motifs is 1. The summed E-state index contributed by atoms with van der Waals surface area (Å²) in [5.41, 5.74) is 2.70. The van der Waals surface area contributed by atoms with Gasteiger partial charge in [0, 0.05) is 37.6 Å². The van der Waals surface area contributed by atoms with E-state index in [1.54, 1.807) is 29.6 Å². The Morgan fingerprint density at radius 2 is 1.90 bits per heavy atom. The first-order chi connectivity index (χ1) is 14.0. The van der Waals surface area contributed by atoms with E-state index in [0.717, 1.165) is 12.1 Å². The summed E-state index contributed by atoms with van der Waals surface area (Å²) < 4.78 is 25.7. The molecule has 3 heterocycles. The van der Waals surface area contributed by atoms with Gasteiger partial charge < -0.3 is 10.2 Å². The highest BCUT2D eigenvalue weighted by Gasteiger charge is 2.30. The van der Waals surface area contributed by atoms with E-state index < -0.39 is 10.0 Å². The van der Waals surface area contributed by atoms with Crippen molar-refractivity contribution >= 4 is 27.4 Å². The second kappa shape index (κ2) is 8.12. The van der Waals surface area contributed by atoms with Crippen LogP contribution in [0.15, 0.2) is 42.6 Å². The fourth-order valence-corrected chi connectivity index (χ4v) is 5.17. The standard InChI is InChI=1S/C21H26N4O3S/c1-2-29(27,28)24-13-10-17(11-14-24)23-20-18(7-5-12-22-20)21(26)25-15-9-16-6-3-4-8-19(16)25/h3-8,12,17H,2,9-11,13-15H2,1H3,(H,22,23). The van der Waals surface area contributed by atoms with E-state index in [4.69, 9.17) is 0 Å². The smallest absolute Gasteiger partial charge is 0.262 e. The highest BCUT2D eigenvalue weighted by atomic mass is 32.2. The third kappa shape index (κ3) is 4.00. The highest BCUT2D eigenvalue weighted by Crippen LogP contribution is 2.30. The van der Waals surface area contributed by atoms with Crippen LogP contribution < -0.4 is 10.2 Å². The van der Waals surface area contributed by atoms with Gasteiger partial charge in [-0.3, -0.25) is 4.79 Å². The first-order valence-corrected chi connectivity index (χ1v) is 11.7. The number of piperidine rings is 1. The molecule has 0 unspecified atom stereocenters. The number of carbonyl (C=O) groups excluding carboxylic acids is 1. The molecule has 1 saturated heterocycles. The summed E-state index contributed by atoms with van der Waals surface area (Å²) in [6.45, 7) is 3.31. The van der Waals surface area contributed by atoms with Gasteiger partial charge in [0.1, 0.15) is 5.82 Å². The maximum Gasteiger partial charge on any atom is 0.262 e. The first-order valence-electron chi connectivity index (χ1n) is 10.1. The quantitative estimate of drug-likeness (QED) is 0.813. The monoisotopic (exact) mass is 414 g/mol. The summed E-state index contributed by atoms with van der Waals surface area (Å²) in [4.78, 5) is 19.5. The van der Waals surface area contributed by atoms with Crippen molar-refractivity contribution in [1.29, 1.82) is 0 Å². The maximum atomic E-state index is 13.3. The van der Waals surface area contributed by atoms with Crippen LogP contribution >= 0.6 is 0 Å². The molecule has 0 spiro atoms. The summed E-state index contributed by atoms with van der Waals surface area (Å²) in [7, 11) is -3.15. The number of benzene rings is 1. The molecular weight excluding hydrogens is 388 g/mol. The number of carbonyl (C=O) groups is 1. The van der Waals surface area contributed by atoms with Crippen molar-refractivity contribution in [2.45, 2.75) is 32.2 Å². The van der Waals surface area contributed by atoms with Gasteiger partial charge >= 0.3 is 0 Å². The number of pyridine rings is 1. The second-order valence-electron chi connectivity index (χ2n) is 7.45. The molecule has 8 heteroatoms. The summed E-state index contributed by atoms with van der Waals surface area (Å²) in [5.74, 6) is 0.636. The van der Waals surface area contributed by atoms with Crippen LogP contribution in [0, 0.1) is 0 Å². The molecule has 1 fully saturated rings. The lowest BCUT2D eigenvalue weighted by molar-refractivity contribution is 0.0990. The highest BCUT2D eigenvalue weighted by molar-refractivity contribution is 7.89. The molecule has 2 aliphatic rings. The SMILES string of the molecule is CCS(=O)(=O)N1CCC(Nc2ncccc2C(=O)N2CCc3ccccc32)CC1. The molecule has 2 aliphatic heterocycles. The summed E-state index contributed by atoms with van der Waals surface area (Å²) in [6.07, 6.45) is 3.91. The van der Waals surface area contributed by atoms with Gasteiger partial charge in [0.2, 0.25) is 10.0 Å². The number of amides is 1. The molecule has 0 bridgehead atoms. The fourth-order valence-electron chi connectivity index (χ4n) is 4.04. The van der Waals surface area contributed by atoms with Crippen molar-refractivity contribution in [3.8, 4) is 0 Å². The van der Waals surface area contributed by atoms with Crippen LogP contribution in [-0.2, 0) is 16.4 Å². The lowest BCUT2D eigenvalue weighted by Crippen LogP contribution is -2.43. The first kappa shape index (κ1) is 19.8. The van der Waals surface area contributed by atoms with Crippen LogP contribution in [0.1, 0.15) is 35.7 Å². The molecule has 1 aromatic carbocycles. The molecule has 154 valence electrons. The van der Waals surface area contributed by atoms with E-state index in [2.05, 4.69) is 16.4 Å². The molecule has 1 aromatic heterocycles. The fraction of sp³-hybridized carbons (Fsp3) is 0.429. The normalized spacial score (nSPS) is 17.9. The lowest BCUT2D eigenvalue weighted by Gasteiger charge is -2.32. The summed E-state index contributed by atoms with van der Waals surface area (Å²) >= 11 is 0. The summed E-state index contributed by atoms with van der Waals surface area (Å²) in [6, 6.07) is 11.6. The zero-order valence-corrected chi connectivity index (χ0v) is 17.4. The van der Waals surface area contributed by atoms with Gasteiger partial charge in [-0.2, -0.15) is 0 Å². The van der Waals surface area contributed by atoms with Gasteiger partial charge in [-0.05, 0) is 49.9 Å². The molecule has 7 nitrogen and oxygen atoms in total. The number of nitrogens with one attached hydrogen (secondary N) is 1. The number of sulfonamides is 1. The Balaban J connectivity index is 1.48. The van der Waals surface area contributed by atoms with Crippen LogP contribution in [0.2, 0.25) is 0 Å². The largest absolute Gasteiger partial charge is 0.367 e. The third-order valence-electron chi connectivity index (χ3n) is 5.72. The van der Waals surface area contributed by atoms with Gasteiger partial charge in [0.15, 0.2) is 0 Å². The number of hydrogen-bond acceptors (Lipinski definition) is 5. The van der Waals surface area contributed by atoms with Gasteiger partial charge in [-0.15, -0.1) is 0 Å². The van der Waals surface area contributed by atoms with Crippen molar-refractivity contribution in [2.75, 3.05) is 35.6 Å². The number of aromatic nitrogens is 1. The average Bonchev–Trinajstić information content (AvgIpc) is 3.18. The van der Waals surface area contributed by atoms with Crippen molar-refractivity contribution in [1.82, 2.24) is 9.29 Å². The molecule has 0 aliphatic carbocycles. The number of nitrogens with zero attached hydrogens (tertiary/aromatic N) is 3. The lowest BCUT2D eigenvalue weighted by atomic mass is 10.1.